The van der Waals surface area contributed by atoms with Gasteiger partial charge in [0.25, 0.3) is 5.91 Å². The molecule has 8 nitrogen and oxygen atoms in total. The van der Waals surface area contributed by atoms with Crippen LogP contribution in [0.2, 0.25) is 0 Å². The monoisotopic (exact) mass is 427 g/mol. The van der Waals surface area contributed by atoms with Gasteiger partial charge in [0.15, 0.2) is 9.84 Å². The fourth-order valence-corrected chi connectivity index (χ4v) is 5.11. The number of amides is 2. The lowest BCUT2D eigenvalue weighted by molar-refractivity contribution is -0.133. The van der Waals surface area contributed by atoms with Crippen molar-refractivity contribution < 1.29 is 22.7 Å². The van der Waals surface area contributed by atoms with Crippen LogP contribution in [0.1, 0.15) is 19.3 Å². The fraction of sp³-hybridized carbons (Fsp3) is 0.286. The van der Waals surface area contributed by atoms with Crippen molar-refractivity contribution in [2.75, 3.05) is 16.8 Å². The van der Waals surface area contributed by atoms with Crippen LogP contribution in [0.4, 0.5) is 5.69 Å². The number of hydrazone groups is 1. The van der Waals surface area contributed by atoms with E-state index in [4.69, 9.17) is 4.74 Å². The quantitative estimate of drug-likeness (QED) is 0.790. The van der Waals surface area contributed by atoms with Gasteiger partial charge in [-0.25, -0.2) is 13.4 Å². The van der Waals surface area contributed by atoms with Gasteiger partial charge in [-0.3, -0.25) is 9.59 Å². The first-order valence-electron chi connectivity index (χ1n) is 9.64. The lowest BCUT2D eigenvalue weighted by Gasteiger charge is -2.27. The topological polar surface area (TPSA) is 105 Å². The molecule has 2 aliphatic rings. The summed E-state index contributed by atoms with van der Waals surface area (Å²) in [7, 11) is -3.16. The Bertz CT molecular complexity index is 1080. The van der Waals surface area contributed by atoms with E-state index in [2.05, 4.69) is 10.4 Å². The molecule has 0 saturated carbocycles. The molecular weight excluding hydrogens is 406 g/mol. The Kier molecular flexibility index (Phi) is 5.54. The van der Waals surface area contributed by atoms with Crippen molar-refractivity contribution in [2.24, 2.45) is 5.10 Å². The number of rotatable bonds is 5. The van der Waals surface area contributed by atoms with E-state index in [0.29, 0.717) is 23.6 Å². The van der Waals surface area contributed by atoms with Crippen molar-refractivity contribution in [3.8, 4) is 11.5 Å². The second kappa shape index (κ2) is 8.27. The van der Waals surface area contributed by atoms with Gasteiger partial charge in [-0.1, -0.05) is 18.2 Å². The number of benzene rings is 2. The minimum absolute atomic E-state index is 0.0376. The molecule has 1 N–H and O–H groups in total. The van der Waals surface area contributed by atoms with Crippen molar-refractivity contribution >= 4 is 33.1 Å². The van der Waals surface area contributed by atoms with Crippen LogP contribution in [-0.2, 0) is 19.4 Å². The molecule has 1 atom stereocenters. The van der Waals surface area contributed by atoms with Crippen LogP contribution >= 0.6 is 0 Å². The zero-order valence-corrected chi connectivity index (χ0v) is 17.0. The zero-order chi connectivity index (χ0) is 21.1. The van der Waals surface area contributed by atoms with Crippen LogP contribution in [0.5, 0.6) is 11.5 Å². The number of hydrogen-bond donors (Lipinski definition) is 1. The maximum absolute atomic E-state index is 12.6. The minimum atomic E-state index is -3.16. The molecule has 2 aliphatic heterocycles. The first-order valence-corrected chi connectivity index (χ1v) is 11.5. The van der Waals surface area contributed by atoms with Crippen LogP contribution in [0.15, 0.2) is 59.7 Å². The number of nitrogens with zero attached hydrogens (tertiary/aromatic N) is 2. The fourth-order valence-electron chi connectivity index (χ4n) is 3.42. The lowest BCUT2D eigenvalue weighted by Crippen LogP contribution is -2.42. The van der Waals surface area contributed by atoms with E-state index in [9.17, 15) is 18.0 Å². The molecule has 4 rings (SSSR count). The Balaban J connectivity index is 1.41. The summed E-state index contributed by atoms with van der Waals surface area (Å²) in [4.78, 5) is 24.8. The number of nitrogens with one attached hydrogen (secondary N) is 1. The maximum Gasteiger partial charge on any atom is 0.271 e. The van der Waals surface area contributed by atoms with Crippen molar-refractivity contribution in [3.63, 3.8) is 0 Å². The zero-order valence-electron chi connectivity index (χ0n) is 16.2. The molecule has 0 radical (unpaired) electrons. The van der Waals surface area contributed by atoms with E-state index in [0.717, 1.165) is 0 Å². The molecule has 2 aromatic rings. The number of anilines is 1. The summed E-state index contributed by atoms with van der Waals surface area (Å²) >= 11 is 0. The lowest BCUT2D eigenvalue weighted by atomic mass is 10.1. The Morgan fingerprint density at radius 1 is 1.03 bits per heavy atom. The Labute approximate surface area is 174 Å². The average molecular weight is 427 g/mol. The molecule has 9 heteroatoms. The summed E-state index contributed by atoms with van der Waals surface area (Å²) in [5.41, 5.74) is 0.776. The molecule has 0 aromatic heterocycles. The van der Waals surface area contributed by atoms with E-state index in [1.165, 1.54) is 5.01 Å². The van der Waals surface area contributed by atoms with E-state index < -0.39 is 21.8 Å². The number of ether oxygens (including phenoxy) is 1. The third-order valence-electron chi connectivity index (χ3n) is 4.97. The van der Waals surface area contributed by atoms with Gasteiger partial charge in [0.05, 0.1) is 17.5 Å². The van der Waals surface area contributed by atoms with Gasteiger partial charge < -0.3 is 10.1 Å². The highest BCUT2D eigenvalue weighted by molar-refractivity contribution is 7.91. The minimum Gasteiger partial charge on any atom is -0.457 e. The van der Waals surface area contributed by atoms with Gasteiger partial charge in [-0.05, 0) is 42.8 Å². The smallest absolute Gasteiger partial charge is 0.271 e. The third-order valence-corrected chi connectivity index (χ3v) is 6.72. The summed E-state index contributed by atoms with van der Waals surface area (Å²) in [6.07, 6.45) is 0.692. The molecule has 1 fully saturated rings. The number of carbonyl (C=O) groups is 2. The highest BCUT2D eigenvalue weighted by Crippen LogP contribution is 2.24. The summed E-state index contributed by atoms with van der Waals surface area (Å²) in [6.45, 7) is 0. The second-order valence-corrected chi connectivity index (χ2v) is 9.46. The maximum atomic E-state index is 12.6. The van der Waals surface area contributed by atoms with Gasteiger partial charge in [0.1, 0.15) is 17.2 Å². The van der Waals surface area contributed by atoms with E-state index in [1.807, 2.05) is 30.3 Å². The molecule has 1 saturated heterocycles. The van der Waals surface area contributed by atoms with Gasteiger partial charge in [0, 0.05) is 18.5 Å². The molecule has 0 aliphatic carbocycles. The molecule has 0 unspecified atom stereocenters. The predicted molar refractivity (Wildman–Crippen MR) is 112 cm³/mol. The molecule has 0 bridgehead atoms. The second-order valence-electron chi connectivity index (χ2n) is 7.24. The third kappa shape index (κ3) is 4.68. The largest absolute Gasteiger partial charge is 0.457 e. The predicted octanol–water partition coefficient (Wildman–Crippen LogP) is 2.58. The summed E-state index contributed by atoms with van der Waals surface area (Å²) in [5.74, 6) is 0.606. The molecule has 156 valence electrons. The van der Waals surface area contributed by atoms with Crippen molar-refractivity contribution in [1.82, 2.24) is 5.01 Å². The van der Waals surface area contributed by atoms with Gasteiger partial charge >= 0.3 is 0 Å². The molecule has 2 aromatic carbocycles. The Hall–Kier alpha value is -3.20. The van der Waals surface area contributed by atoms with Crippen LogP contribution in [0.3, 0.4) is 0 Å². The van der Waals surface area contributed by atoms with Gasteiger partial charge in [0.2, 0.25) is 5.91 Å². The molecular formula is C21H21N3O5S. The average Bonchev–Trinajstić information content (AvgIpc) is 3.10. The van der Waals surface area contributed by atoms with Crippen LogP contribution in [-0.4, -0.2) is 48.5 Å². The molecule has 2 amide bonds. The molecule has 2 heterocycles. The first-order chi connectivity index (χ1) is 14.4. The molecule has 30 heavy (non-hydrogen) atoms. The highest BCUT2D eigenvalue weighted by atomic mass is 32.2. The Morgan fingerprint density at radius 2 is 1.73 bits per heavy atom. The van der Waals surface area contributed by atoms with E-state index in [1.54, 1.807) is 24.3 Å². The van der Waals surface area contributed by atoms with Gasteiger partial charge in [-0.2, -0.15) is 5.10 Å². The highest BCUT2D eigenvalue weighted by Gasteiger charge is 2.37. The van der Waals surface area contributed by atoms with Crippen LogP contribution in [0, 0.1) is 0 Å². The normalized spacial score (nSPS) is 20.5. The Morgan fingerprint density at radius 3 is 2.40 bits per heavy atom. The number of sulfone groups is 1. The van der Waals surface area contributed by atoms with E-state index in [-0.39, 0.29) is 36.0 Å². The van der Waals surface area contributed by atoms with Gasteiger partial charge in [-0.15, -0.1) is 0 Å². The van der Waals surface area contributed by atoms with Crippen LogP contribution < -0.4 is 10.1 Å². The summed E-state index contributed by atoms with van der Waals surface area (Å²) in [5, 5.41) is 8.12. The first kappa shape index (κ1) is 20.1. The van der Waals surface area contributed by atoms with Crippen molar-refractivity contribution in [2.45, 2.75) is 25.3 Å². The number of carbonyl (C=O) groups excluding carboxylic acids is 2. The van der Waals surface area contributed by atoms with Crippen LogP contribution in [0.25, 0.3) is 0 Å². The number of para-hydroxylation sites is 1. The van der Waals surface area contributed by atoms with Crippen molar-refractivity contribution in [3.05, 3.63) is 54.6 Å². The van der Waals surface area contributed by atoms with Crippen molar-refractivity contribution in [1.29, 1.82) is 0 Å². The SMILES string of the molecule is O=C(Nc1ccc(Oc2ccccc2)cc1)C1=NN([C@H]2CCS(=O)(=O)C2)C(=O)CC1. The summed E-state index contributed by atoms with van der Waals surface area (Å²) < 4.78 is 29.2. The standard InChI is InChI=1S/C21H21N3O5S/c25-20-11-10-19(23-24(20)16-12-13-30(27,28)14-16)21(26)22-15-6-8-18(9-7-15)29-17-4-2-1-3-5-17/h1-9,16H,10-14H2,(H,22,26)/t16-/m0/s1. The summed E-state index contributed by atoms with van der Waals surface area (Å²) in [6, 6.07) is 15.8. The van der Waals surface area contributed by atoms with E-state index >= 15 is 0 Å². The number of hydrogen-bond acceptors (Lipinski definition) is 6. The molecule has 0 spiro atoms.